The van der Waals surface area contributed by atoms with Gasteiger partial charge in [0, 0.05) is 50.6 Å². The molecule has 4 amide bonds. The molecule has 35 heavy (non-hydrogen) atoms. The van der Waals surface area contributed by atoms with E-state index in [4.69, 9.17) is 14.2 Å². The number of rotatable bonds is 10. The second-order valence-electron chi connectivity index (χ2n) is 9.82. The predicted molar refractivity (Wildman–Crippen MR) is 133 cm³/mol. The standard InChI is InChI=1S/C25H38N4O6/c1-25(2,3)35-24(32)26-11-15-33-16-17-34-18-19-8-12-28(13-9-19)20-4-6-21(7-5-20)29-14-10-22(30)27-23(29)31/h4-7,19H,8-18H2,1-3H3,(H,26,32)(H,27,30,31). The molecule has 0 saturated carbocycles. The Balaban J connectivity index is 1.25. The van der Waals surface area contributed by atoms with Gasteiger partial charge in [0.25, 0.3) is 0 Å². The summed E-state index contributed by atoms with van der Waals surface area (Å²) in [6.45, 7) is 10.4. The highest BCUT2D eigenvalue weighted by molar-refractivity contribution is 6.05. The predicted octanol–water partition coefficient (Wildman–Crippen LogP) is 2.91. The van der Waals surface area contributed by atoms with Gasteiger partial charge in [-0.3, -0.25) is 15.0 Å². The summed E-state index contributed by atoms with van der Waals surface area (Å²) in [6, 6.07) is 7.57. The van der Waals surface area contributed by atoms with E-state index in [2.05, 4.69) is 15.5 Å². The van der Waals surface area contributed by atoms with E-state index in [0.717, 1.165) is 43.9 Å². The molecule has 2 aliphatic heterocycles. The Labute approximate surface area is 207 Å². The molecule has 2 saturated heterocycles. The number of anilines is 2. The number of piperidine rings is 1. The summed E-state index contributed by atoms with van der Waals surface area (Å²) in [6.07, 6.45) is 1.99. The smallest absolute Gasteiger partial charge is 0.407 e. The molecule has 1 aromatic rings. The molecule has 10 nitrogen and oxygen atoms in total. The molecule has 3 rings (SSSR count). The molecule has 0 radical (unpaired) electrons. The molecule has 2 heterocycles. The van der Waals surface area contributed by atoms with Crippen molar-refractivity contribution in [2.75, 3.05) is 62.4 Å². The van der Waals surface area contributed by atoms with Crippen LogP contribution in [0, 0.1) is 5.92 Å². The Bertz CT molecular complexity index is 847. The number of nitrogens with one attached hydrogen (secondary N) is 2. The van der Waals surface area contributed by atoms with E-state index in [1.54, 1.807) is 4.90 Å². The van der Waals surface area contributed by atoms with Crippen molar-refractivity contribution in [3.05, 3.63) is 24.3 Å². The van der Waals surface area contributed by atoms with E-state index in [0.29, 0.717) is 45.2 Å². The summed E-state index contributed by atoms with van der Waals surface area (Å²) >= 11 is 0. The number of nitrogens with zero attached hydrogens (tertiary/aromatic N) is 2. The summed E-state index contributed by atoms with van der Waals surface area (Å²) in [4.78, 5) is 38.8. The van der Waals surface area contributed by atoms with E-state index < -0.39 is 11.7 Å². The van der Waals surface area contributed by atoms with Crippen LogP contribution < -0.4 is 20.4 Å². The van der Waals surface area contributed by atoms with E-state index in [1.807, 2.05) is 45.0 Å². The van der Waals surface area contributed by atoms with E-state index in [-0.39, 0.29) is 11.9 Å². The van der Waals surface area contributed by atoms with Crippen LogP contribution in [-0.2, 0) is 19.0 Å². The summed E-state index contributed by atoms with van der Waals surface area (Å²) in [5.41, 5.74) is 1.43. The number of carbonyl (C=O) groups excluding carboxylic acids is 3. The molecule has 0 unspecified atom stereocenters. The van der Waals surface area contributed by atoms with E-state index in [1.165, 1.54) is 0 Å². The van der Waals surface area contributed by atoms with Crippen LogP contribution in [0.1, 0.15) is 40.0 Å². The van der Waals surface area contributed by atoms with E-state index >= 15 is 0 Å². The average Bonchev–Trinajstić information content (AvgIpc) is 2.80. The summed E-state index contributed by atoms with van der Waals surface area (Å²) in [5, 5.41) is 5.01. The lowest BCUT2D eigenvalue weighted by molar-refractivity contribution is -0.120. The largest absolute Gasteiger partial charge is 0.444 e. The molecule has 0 spiro atoms. The maximum absolute atomic E-state index is 12.0. The van der Waals surface area contributed by atoms with Gasteiger partial charge in [0.1, 0.15) is 5.60 Å². The third-order valence-corrected chi connectivity index (χ3v) is 5.84. The molecule has 1 aromatic carbocycles. The lowest BCUT2D eigenvalue weighted by atomic mass is 9.97. The average molecular weight is 491 g/mol. The summed E-state index contributed by atoms with van der Waals surface area (Å²) in [7, 11) is 0. The maximum atomic E-state index is 12.0. The van der Waals surface area contributed by atoms with Crippen molar-refractivity contribution in [2.45, 2.75) is 45.6 Å². The van der Waals surface area contributed by atoms with Gasteiger partial charge >= 0.3 is 12.1 Å². The zero-order chi connectivity index (χ0) is 25.3. The van der Waals surface area contributed by atoms with Crippen molar-refractivity contribution in [1.29, 1.82) is 0 Å². The van der Waals surface area contributed by atoms with Gasteiger partial charge in [-0.15, -0.1) is 0 Å². The number of ether oxygens (including phenoxy) is 3. The van der Waals surface area contributed by atoms with Gasteiger partial charge in [0.05, 0.1) is 19.8 Å². The lowest BCUT2D eigenvalue weighted by Crippen LogP contribution is -2.49. The van der Waals surface area contributed by atoms with Crippen LogP contribution in [0.2, 0.25) is 0 Å². The molecule has 0 atom stereocenters. The van der Waals surface area contributed by atoms with Crippen LogP contribution in [0.4, 0.5) is 21.0 Å². The number of alkyl carbamates (subject to hydrolysis) is 1. The number of urea groups is 1. The van der Waals surface area contributed by atoms with Crippen molar-refractivity contribution in [3.8, 4) is 0 Å². The van der Waals surface area contributed by atoms with Gasteiger partial charge in [-0.2, -0.15) is 0 Å². The minimum Gasteiger partial charge on any atom is -0.444 e. The SMILES string of the molecule is CC(C)(C)OC(=O)NCCOCCOCC1CCN(c2ccc(N3CCC(=O)NC3=O)cc2)CC1. The topological polar surface area (TPSA) is 109 Å². The van der Waals surface area contributed by atoms with Crippen molar-refractivity contribution in [3.63, 3.8) is 0 Å². The number of benzene rings is 1. The Morgan fingerprint density at radius 2 is 1.66 bits per heavy atom. The van der Waals surface area contributed by atoms with Crippen molar-refractivity contribution < 1.29 is 28.6 Å². The summed E-state index contributed by atoms with van der Waals surface area (Å²) < 4.78 is 16.4. The monoisotopic (exact) mass is 490 g/mol. The maximum Gasteiger partial charge on any atom is 0.407 e. The first-order valence-corrected chi connectivity index (χ1v) is 12.3. The third-order valence-electron chi connectivity index (χ3n) is 5.84. The molecular weight excluding hydrogens is 452 g/mol. The Morgan fingerprint density at radius 1 is 1.00 bits per heavy atom. The Morgan fingerprint density at radius 3 is 2.31 bits per heavy atom. The molecule has 2 aliphatic rings. The zero-order valence-electron chi connectivity index (χ0n) is 21.0. The molecular formula is C25H38N4O6. The van der Waals surface area contributed by atoms with Gasteiger partial charge in [-0.05, 0) is 63.8 Å². The fourth-order valence-corrected chi connectivity index (χ4v) is 4.02. The fourth-order valence-electron chi connectivity index (χ4n) is 4.02. The highest BCUT2D eigenvalue weighted by atomic mass is 16.6. The number of hydrogen-bond donors (Lipinski definition) is 2. The van der Waals surface area contributed by atoms with Crippen molar-refractivity contribution >= 4 is 29.4 Å². The molecule has 10 heteroatoms. The van der Waals surface area contributed by atoms with Crippen LogP contribution in [-0.4, -0.2) is 76.2 Å². The second-order valence-corrected chi connectivity index (χ2v) is 9.82. The first-order valence-electron chi connectivity index (χ1n) is 12.3. The molecule has 194 valence electrons. The third kappa shape index (κ3) is 9.03. The quantitative estimate of drug-likeness (QED) is 0.485. The molecule has 2 N–H and O–H groups in total. The van der Waals surface area contributed by atoms with E-state index in [9.17, 15) is 14.4 Å². The van der Waals surface area contributed by atoms with Crippen molar-refractivity contribution in [2.24, 2.45) is 5.92 Å². The van der Waals surface area contributed by atoms with Crippen LogP contribution in [0.15, 0.2) is 24.3 Å². The zero-order valence-corrected chi connectivity index (χ0v) is 21.0. The first-order chi connectivity index (χ1) is 16.7. The van der Waals surface area contributed by atoms with Gasteiger partial charge in [0.2, 0.25) is 5.91 Å². The Hall–Kier alpha value is -2.85. The van der Waals surface area contributed by atoms with Gasteiger partial charge < -0.3 is 24.4 Å². The van der Waals surface area contributed by atoms with Crippen LogP contribution in [0.3, 0.4) is 0 Å². The van der Waals surface area contributed by atoms with Crippen LogP contribution in [0.5, 0.6) is 0 Å². The van der Waals surface area contributed by atoms with Crippen molar-refractivity contribution in [1.82, 2.24) is 10.6 Å². The molecule has 0 aromatic heterocycles. The number of amides is 4. The van der Waals surface area contributed by atoms with Gasteiger partial charge in [-0.1, -0.05) is 0 Å². The molecule has 2 fully saturated rings. The Kier molecular flexibility index (Phi) is 9.73. The van der Waals surface area contributed by atoms with Gasteiger partial charge in [0.15, 0.2) is 0 Å². The lowest BCUT2D eigenvalue weighted by Gasteiger charge is -2.34. The first kappa shape index (κ1) is 26.7. The fraction of sp³-hybridized carbons (Fsp3) is 0.640. The number of imide groups is 1. The minimum atomic E-state index is -0.504. The number of carbonyl (C=O) groups is 3. The highest BCUT2D eigenvalue weighted by Crippen LogP contribution is 2.26. The second kappa shape index (κ2) is 12.7. The summed E-state index contributed by atoms with van der Waals surface area (Å²) in [5.74, 6) is 0.295. The van der Waals surface area contributed by atoms with Gasteiger partial charge in [-0.25, -0.2) is 9.59 Å². The molecule has 0 bridgehead atoms. The van der Waals surface area contributed by atoms with Crippen LogP contribution in [0.25, 0.3) is 0 Å². The van der Waals surface area contributed by atoms with Crippen LogP contribution >= 0.6 is 0 Å². The number of hydrogen-bond acceptors (Lipinski definition) is 7. The minimum absolute atomic E-state index is 0.227. The highest BCUT2D eigenvalue weighted by Gasteiger charge is 2.25. The molecule has 0 aliphatic carbocycles. The normalized spacial score (nSPS) is 17.3.